The molecule has 2 heterocycles. The van der Waals surface area contributed by atoms with E-state index in [0.29, 0.717) is 4.47 Å². The molecule has 0 aliphatic carbocycles. The summed E-state index contributed by atoms with van der Waals surface area (Å²) in [5, 5.41) is 3.52. The number of alkyl halides is 5. The van der Waals surface area contributed by atoms with Crippen molar-refractivity contribution in [3.8, 4) is 0 Å². The molecule has 5 nitrogen and oxygen atoms in total. The average Bonchev–Trinajstić information content (AvgIpc) is 2.55. The van der Waals surface area contributed by atoms with E-state index < -0.39 is 24.2 Å². The maximum atomic E-state index is 13.8. The second kappa shape index (κ2) is 7.70. The van der Waals surface area contributed by atoms with Crippen molar-refractivity contribution in [2.45, 2.75) is 18.3 Å². The van der Waals surface area contributed by atoms with Gasteiger partial charge in [-0.05, 0) is 40.2 Å². The number of anilines is 1. The zero-order valence-corrected chi connectivity index (χ0v) is 14.8. The highest BCUT2D eigenvalue weighted by Gasteiger charge is 2.63. The second-order valence-corrected chi connectivity index (χ2v) is 6.21. The van der Waals surface area contributed by atoms with E-state index in [1.165, 1.54) is 18.3 Å². The van der Waals surface area contributed by atoms with Crippen molar-refractivity contribution in [3.63, 3.8) is 0 Å². The normalized spacial score (nSPS) is 13.2. The summed E-state index contributed by atoms with van der Waals surface area (Å²) in [6.45, 7) is 0. The quantitative estimate of drug-likeness (QED) is 0.398. The molecule has 2 N–H and O–H groups in total. The first-order chi connectivity index (χ1) is 12.0. The first-order valence-electron chi connectivity index (χ1n) is 6.76. The molecule has 1 atom stereocenters. The van der Waals surface area contributed by atoms with Gasteiger partial charge in [-0.15, -0.1) is 0 Å². The maximum absolute atomic E-state index is 13.8. The van der Waals surface area contributed by atoms with Crippen LogP contribution in [0.4, 0.5) is 27.6 Å². The molecule has 0 aliphatic rings. The van der Waals surface area contributed by atoms with Gasteiger partial charge in [-0.3, -0.25) is 4.79 Å². The van der Waals surface area contributed by atoms with Crippen molar-refractivity contribution in [3.05, 3.63) is 52.0 Å². The number of pyridine rings is 2. The summed E-state index contributed by atoms with van der Waals surface area (Å²) in [4.78, 5) is 19.2. The summed E-state index contributed by atoms with van der Waals surface area (Å²) in [5.74, 6) is -6.50. The van der Waals surface area contributed by atoms with Gasteiger partial charge in [0.05, 0.1) is 11.9 Å². The van der Waals surface area contributed by atoms with E-state index in [9.17, 15) is 26.7 Å². The number of nitrogens with one attached hydrogen (secondary N) is 2. The van der Waals surface area contributed by atoms with E-state index in [2.05, 4.69) is 25.9 Å². The summed E-state index contributed by atoms with van der Waals surface area (Å²) in [5.41, 5.74) is -0.542. The van der Waals surface area contributed by atoms with Crippen LogP contribution in [0, 0.1) is 0 Å². The van der Waals surface area contributed by atoms with Crippen LogP contribution in [0.3, 0.4) is 0 Å². The zero-order chi connectivity index (χ0) is 19.5. The van der Waals surface area contributed by atoms with E-state index in [1.807, 2.05) is 5.32 Å². The molecule has 0 saturated carbocycles. The van der Waals surface area contributed by atoms with Gasteiger partial charge in [0.2, 0.25) is 0 Å². The van der Waals surface area contributed by atoms with Crippen molar-refractivity contribution in [2.75, 3.05) is 5.32 Å². The number of halogens is 7. The lowest BCUT2D eigenvalue weighted by molar-refractivity contribution is -0.289. The van der Waals surface area contributed by atoms with E-state index in [-0.39, 0.29) is 16.5 Å². The van der Waals surface area contributed by atoms with E-state index in [4.69, 9.17) is 11.6 Å². The second-order valence-electron chi connectivity index (χ2n) is 4.90. The summed E-state index contributed by atoms with van der Waals surface area (Å²) >= 11 is 8.60. The Labute approximate surface area is 157 Å². The smallest absolute Gasteiger partial charge is 0.359 e. The standard InChI is InChI=1S/C14H9BrClF5N4O/c15-7-1-3-9(22-5-7)11(26)25-12(13(17,18)14(19,20)21)24-8-2-4-10(16)23-6-8/h1-6,12,24H,(H,25,26). The Hall–Kier alpha value is -2.01. The Morgan fingerprint density at radius 1 is 1.08 bits per heavy atom. The third kappa shape index (κ3) is 4.79. The minimum absolute atomic E-state index is 0.0118. The highest BCUT2D eigenvalue weighted by atomic mass is 79.9. The molecule has 0 bridgehead atoms. The highest BCUT2D eigenvalue weighted by molar-refractivity contribution is 9.10. The summed E-state index contributed by atoms with van der Waals surface area (Å²) < 4.78 is 66.4. The van der Waals surface area contributed by atoms with Crippen LogP contribution in [0.25, 0.3) is 0 Å². The van der Waals surface area contributed by atoms with Crippen LogP contribution in [-0.4, -0.2) is 34.1 Å². The van der Waals surface area contributed by atoms with Gasteiger partial charge in [0, 0.05) is 10.7 Å². The Bertz CT molecular complexity index is 770. The number of carbonyl (C=O) groups is 1. The van der Waals surface area contributed by atoms with E-state index >= 15 is 0 Å². The molecule has 26 heavy (non-hydrogen) atoms. The van der Waals surface area contributed by atoms with Crippen LogP contribution in [0.2, 0.25) is 5.15 Å². The molecule has 0 fully saturated rings. The molecule has 0 aromatic carbocycles. The molecule has 140 valence electrons. The van der Waals surface area contributed by atoms with Crippen molar-refractivity contribution in [1.82, 2.24) is 15.3 Å². The molecule has 12 heteroatoms. The van der Waals surface area contributed by atoms with E-state index in [0.717, 1.165) is 18.3 Å². The molecule has 0 aliphatic heterocycles. The molecular weight excluding hydrogens is 451 g/mol. The minimum atomic E-state index is -5.91. The predicted molar refractivity (Wildman–Crippen MR) is 87.1 cm³/mol. The summed E-state index contributed by atoms with van der Waals surface area (Å²) in [6.07, 6.45) is -6.57. The summed E-state index contributed by atoms with van der Waals surface area (Å²) in [7, 11) is 0. The Balaban J connectivity index is 2.29. The Morgan fingerprint density at radius 2 is 1.77 bits per heavy atom. The van der Waals surface area contributed by atoms with Gasteiger partial charge in [0.15, 0.2) is 6.17 Å². The van der Waals surface area contributed by atoms with Crippen molar-refractivity contribution < 1.29 is 26.7 Å². The number of aromatic nitrogens is 2. The van der Waals surface area contributed by atoms with Crippen molar-refractivity contribution >= 4 is 39.1 Å². The highest BCUT2D eigenvalue weighted by Crippen LogP contribution is 2.38. The first kappa shape index (κ1) is 20.3. The topological polar surface area (TPSA) is 66.9 Å². The fraction of sp³-hybridized carbons (Fsp3) is 0.214. The largest absolute Gasteiger partial charge is 0.457 e. The monoisotopic (exact) mass is 458 g/mol. The van der Waals surface area contributed by atoms with Crippen molar-refractivity contribution in [2.24, 2.45) is 0 Å². The van der Waals surface area contributed by atoms with Crippen LogP contribution >= 0.6 is 27.5 Å². The van der Waals surface area contributed by atoms with Crippen LogP contribution in [-0.2, 0) is 0 Å². The van der Waals surface area contributed by atoms with Crippen LogP contribution < -0.4 is 10.6 Å². The van der Waals surface area contributed by atoms with Gasteiger partial charge in [-0.1, -0.05) is 11.6 Å². The number of carbonyl (C=O) groups excluding carboxylic acids is 1. The number of nitrogens with zero attached hydrogens (tertiary/aromatic N) is 2. The summed E-state index contributed by atoms with van der Waals surface area (Å²) in [6, 6.07) is 4.87. The molecule has 0 spiro atoms. The lowest BCUT2D eigenvalue weighted by atomic mass is 10.2. The third-order valence-corrected chi connectivity index (χ3v) is 3.71. The maximum Gasteiger partial charge on any atom is 0.457 e. The molecule has 2 aromatic heterocycles. The van der Waals surface area contributed by atoms with Crippen LogP contribution in [0.5, 0.6) is 0 Å². The Morgan fingerprint density at radius 3 is 2.27 bits per heavy atom. The zero-order valence-electron chi connectivity index (χ0n) is 12.5. The molecule has 2 rings (SSSR count). The lowest BCUT2D eigenvalue weighted by Gasteiger charge is -2.30. The molecule has 1 unspecified atom stereocenters. The van der Waals surface area contributed by atoms with Gasteiger partial charge in [0.1, 0.15) is 10.8 Å². The van der Waals surface area contributed by atoms with Gasteiger partial charge < -0.3 is 10.6 Å². The molecular formula is C14H9BrClF5N4O. The van der Waals surface area contributed by atoms with Crippen LogP contribution in [0.15, 0.2) is 41.1 Å². The number of amides is 1. The third-order valence-electron chi connectivity index (χ3n) is 3.01. The average molecular weight is 460 g/mol. The molecule has 1 amide bonds. The van der Waals surface area contributed by atoms with Crippen LogP contribution in [0.1, 0.15) is 10.5 Å². The SMILES string of the molecule is O=C(NC(Nc1ccc(Cl)nc1)C(F)(F)C(F)(F)F)c1ccc(Br)cn1. The number of hydrogen-bond donors (Lipinski definition) is 2. The predicted octanol–water partition coefficient (Wildman–Crippen LogP) is 4.26. The lowest BCUT2D eigenvalue weighted by Crippen LogP contribution is -2.59. The van der Waals surface area contributed by atoms with Gasteiger partial charge in [-0.2, -0.15) is 22.0 Å². The number of hydrogen-bond acceptors (Lipinski definition) is 4. The fourth-order valence-corrected chi connectivity index (χ4v) is 2.07. The Kier molecular flexibility index (Phi) is 6.02. The van der Waals surface area contributed by atoms with Crippen molar-refractivity contribution in [1.29, 1.82) is 0 Å². The number of rotatable bonds is 5. The van der Waals surface area contributed by atoms with E-state index in [1.54, 1.807) is 5.32 Å². The fourth-order valence-electron chi connectivity index (χ4n) is 1.72. The first-order valence-corrected chi connectivity index (χ1v) is 7.93. The molecule has 2 aromatic rings. The molecule has 0 saturated heterocycles. The van der Waals surface area contributed by atoms with Gasteiger partial charge in [-0.25, -0.2) is 9.97 Å². The van der Waals surface area contributed by atoms with Gasteiger partial charge >= 0.3 is 12.1 Å². The minimum Gasteiger partial charge on any atom is -0.359 e. The van der Waals surface area contributed by atoms with Gasteiger partial charge in [0.25, 0.3) is 5.91 Å². The molecule has 0 radical (unpaired) electrons.